The summed E-state index contributed by atoms with van der Waals surface area (Å²) in [7, 11) is 1.33. The van der Waals surface area contributed by atoms with Crippen LogP contribution in [0.3, 0.4) is 0 Å². The Hall–Kier alpha value is -1.85. The minimum atomic E-state index is -0.643. The van der Waals surface area contributed by atoms with Crippen molar-refractivity contribution in [2.75, 3.05) is 7.11 Å². The molecule has 1 amide bonds. The molecule has 1 aromatic rings. The van der Waals surface area contributed by atoms with Crippen LogP contribution in [-0.2, 0) is 10.3 Å². The summed E-state index contributed by atoms with van der Waals surface area (Å²) >= 11 is 0. The van der Waals surface area contributed by atoms with E-state index in [0.29, 0.717) is 11.3 Å². The van der Waals surface area contributed by atoms with E-state index < -0.39 is 11.6 Å². The average Bonchev–Trinajstić information content (AvgIpc) is 2.47. The smallest absolute Gasteiger partial charge is 0.410 e. The van der Waals surface area contributed by atoms with Gasteiger partial charge in [0.25, 0.3) is 5.56 Å². The lowest BCUT2D eigenvalue weighted by Gasteiger charge is -2.32. The van der Waals surface area contributed by atoms with Gasteiger partial charge in [-0.05, 0) is 20.8 Å². The molecule has 0 radical (unpaired) electrons. The molecule has 2 rings (SSSR count). The highest BCUT2D eigenvalue weighted by Gasteiger charge is 2.48. The lowest BCUT2D eigenvalue weighted by molar-refractivity contribution is 0.0659. The van der Waals surface area contributed by atoms with Gasteiger partial charge in [0.05, 0.1) is 36.3 Å². The minimum absolute atomic E-state index is 0.207. The zero-order valence-corrected chi connectivity index (χ0v) is 10.3. The molecule has 0 saturated carbocycles. The van der Waals surface area contributed by atoms with Crippen molar-refractivity contribution in [1.82, 2.24) is 14.9 Å². The quantitative estimate of drug-likeness (QED) is 0.734. The van der Waals surface area contributed by atoms with E-state index in [1.807, 2.05) is 13.8 Å². The van der Waals surface area contributed by atoms with E-state index in [1.165, 1.54) is 18.3 Å². The maximum atomic E-state index is 11.8. The van der Waals surface area contributed by atoms with Crippen LogP contribution in [0.15, 0.2) is 11.1 Å². The highest BCUT2D eigenvalue weighted by atomic mass is 16.5. The second-order valence-electron chi connectivity index (χ2n) is 4.57. The van der Waals surface area contributed by atoms with Crippen molar-refractivity contribution < 1.29 is 9.53 Å². The van der Waals surface area contributed by atoms with Gasteiger partial charge in [-0.2, -0.15) is 0 Å². The first-order valence-corrected chi connectivity index (χ1v) is 5.36. The van der Waals surface area contributed by atoms with E-state index in [0.717, 1.165) is 0 Å². The third kappa shape index (κ3) is 1.44. The molecule has 0 bridgehead atoms. The predicted octanol–water partition coefficient (Wildman–Crippen LogP) is 1.15. The lowest BCUT2D eigenvalue weighted by atomic mass is 10.0. The van der Waals surface area contributed by atoms with Crippen molar-refractivity contribution >= 4 is 6.09 Å². The van der Waals surface area contributed by atoms with E-state index in [4.69, 9.17) is 4.74 Å². The number of fused-ring (bicyclic) bond motifs is 1. The summed E-state index contributed by atoms with van der Waals surface area (Å²) in [5.74, 6) is 0. The van der Waals surface area contributed by atoms with Gasteiger partial charge in [-0.3, -0.25) is 9.69 Å². The zero-order chi connectivity index (χ0) is 12.8. The average molecular weight is 237 g/mol. The molecule has 1 N–H and O–H groups in total. The van der Waals surface area contributed by atoms with E-state index in [2.05, 4.69) is 9.97 Å². The fourth-order valence-corrected chi connectivity index (χ4v) is 2.50. The molecule has 6 nitrogen and oxygen atoms in total. The Bertz CT molecular complexity index is 521. The van der Waals surface area contributed by atoms with Crippen LogP contribution >= 0.6 is 0 Å². The topological polar surface area (TPSA) is 75.3 Å². The molecular formula is C11H15N3O3. The number of amides is 1. The van der Waals surface area contributed by atoms with Crippen molar-refractivity contribution in [2.45, 2.75) is 32.4 Å². The number of aromatic nitrogens is 2. The first kappa shape index (κ1) is 11.6. The van der Waals surface area contributed by atoms with E-state index >= 15 is 0 Å². The van der Waals surface area contributed by atoms with Gasteiger partial charge in [-0.1, -0.05) is 0 Å². The molecule has 6 heteroatoms. The van der Waals surface area contributed by atoms with Crippen LogP contribution in [0, 0.1) is 0 Å². The summed E-state index contributed by atoms with van der Waals surface area (Å²) in [6.45, 7) is 5.48. The highest BCUT2D eigenvalue weighted by molar-refractivity contribution is 5.71. The third-order valence-electron chi connectivity index (χ3n) is 3.25. The molecule has 0 aliphatic carbocycles. The Balaban J connectivity index is 2.64. The molecule has 0 aromatic carbocycles. The molecule has 0 fully saturated rings. The zero-order valence-electron chi connectivity index (χ0n) is 10.3. The number of carbonyl (C=O) groups is 1. The molecular weight excluding hydrogens is 222 g/mol. The van der Waals surface area contributed by atoms with Gasteiger partial charge in [-0.15, -0.1) is 0 Å². The highest BCUT2D eigenvalue weighted by Crippen LogP contribution is 2.42. The predicted molar refractivity (Wildman–Crippen MR) is 60.5 cm³/mol. The van der Waals surface area contributed by atoms with Gasteiger partial charge in [-0.25, -0.2) is 9.78 Å². The summed E-state index contributed by atoms with van der Waals surface area (Å²) in [5.41, 5.74) is 0.305. The molecule has 1 aliphatic rings. The van der Waals surface area contributed by atoms with Gasteiger partial charge in [0.2, 0.25) is 0 Å². The molecule has 0 saturated heterocycles. The SMILES string of the molecule is COC(=O)N1C(C)c2c(nc[nH]c2=O)C1(C)C. The molecule has 92 valence electrons. The van der Waals surface area contributed by atoms with Gasteiger partial charge >= 0.3 is 6.09 Å². The monoisotopic (exact) mass is 237 g/mol. The number of rotatable bonds is 0. The van der Waals surface area contributed by atoms with Crippen molar-refractivity contribution in [1.29, 1.82) is 0 Å². The summed E-state index contributed by atoms with van der Waals surface area (Å²) in [6, 6.07) is -0.343. The molecule has 1 aliphatic heterocycles. The van der Waals surface area contributed by atoms with E-state index in [1.54, 1.807) is 6.92 Å². The maximum absolute atomic E-state index is 11.8. The van der Waals surface area contributed by atoms with Crippen molar-refractivity contribution in [2.24, 2.45) is 0 Å². The Kier molecular flexibility index (Phi) is 2.45. The van der Waals surface area contributed by atoms with Gasteiger partial charge in [0, 0.05) is 0 Å². The molecule has 17 heavy (non-hydrogen) atoms. The molecule has 1 atom stereocenters. The Morgan fingerprint density at radius 3 is 2.76 bits per heavy atom. The standard InChI is InChI=1S/C11H15N3O3/c1-6-7-8(12-5-13-9(7)15)11(2,3)14(6)10(16)17-4/h5-6H,1-4H3,(H,12,13,15). The number of carbonyl (C=O) groups excluding carboxylic acids is 1. The van der Waals surface area contributed by atoms with Crippen LogP contribution in [0.5, 0.6) is 0 Å². The number of aromatic amines is 1. The summed E-state index contributed by atoms with van der Waals surface area (Å²) in [4.78, 5) is 31.8. The van der Waals surface area contributed by atoms with E-state index in [-0.39, 0.29) is 11.6 Å². The summed E-state index contributed by atoms with van der Waals surface area (Å²) in [5, 5.41) is 0. The van der Waals surface area contributed by atoms with Crippen LogP contribution in [0.25, 0.3) is 0 Å². The lowest BCUT2D eigenvalue weighted by Crippen LogP contribution is -2.42. The molecule has 1 aromatic heterocycles. The van der Waals surface area contributed by atoms with Crippen LogP contribution in [0.2, 0.25) is 0 Å². The van der Waals surface area contributed by atoms with Crippen LogP contribution in [-0.4, -0.2) is 28.1 Å². The second-order valence-corrected chi connectivity index (χ2v) is 4.57. The van der Waals surface area contributed by atoms with Crippen LogP contribution < -0.4 is 5.56 Å². The summed E-state index contributed by atoms with van der Waals surface area (Å²) < 4.78 is 4.76. The second kappa shape index (κ2) is 3.58. The number of H-pyrrole nitrogens is 1. The van der Waals surface area contributed by atoms with Crippen LogP contribution in [0.4, 0.5) is 4.79 Å². The first-order valence-electron chi connectivity index (χ1n) is 5.36. The largest absolute Gasteiger partial charge is 0.453 e. The van der Waals surface area contributed by atoms with Crippen LogP contribution in [0.1, 0.15) is 38.1 Å². The summed E-state index contributed by atoms with van der Waals surface area (Å²) in [6.07, 6.45) is 0.899. The minimum Gasteiger partial charge on any atom is -0.453 e. The fourth-order valence-electron chi connectivity index (χ4n) is 2.50. The van der Waals surface area contributed by atoms with Crippen molar-refractivity contribution in [3.8, 4) is 0 Å². The Morgan fingerprint density at radius 2 is 2.24 bits per heavy atom. The van der Waals surface area contributed by atoms with Crippen molar-refractivity contribution in [3.05, 3.63) is 27.9 Å². The van der Waals surface area contributed by atoms with Crippen molar-refractivity contribution in [3.63, 3.8) is 0 Å². The number of methoxy groups -OCH3 is 1. The third-order valence-corrected chi connectivity index (χ3v) is 3.25. The number of nitrogens with zero attached hydrogens (tertiary/aromatic N) is 2. The number of hydrogen-bond donors (Lipinski definition) is 1. The van der Waals surface area contributed by atoms with Gasteiger partial charge in [0.15, 0.2) is 0 Å². The number of nitrogens with one attached hydrogen (secondary N) is 1. The molecule has 2 heterocycles. The fraction of sp³-hybridized carbons (Fsp3) is 0.545. The van der Waals surface area contributed by atoms with Gasteiger partial charge in [0.1, 0.15) is 0 Å². The normalized spacial score (nSPS) is 21.2. The number of hydrogen-bond acceptors (Lipinski definition) is 4. The van der Waals surface area contributed by atoms with E-state index in [9.17, 15) is 9.59 Å². The maximum Gasteiger partial charge on any atom is 0.410 e. The number of ether oxygens (including phenoxy) is 1. The van der Waals surface area contributed by atoms with Gasteiger partial charge < -0.3 is 9.72 Å². The molecule has 0 spiro atoms. The molecule has 1 unspecified atom stereocenters. The Morgan fingerprint density at radius 1 is 1.59 bits per heavy atom. The Labute approximate surface area is 98.6 Å². The first-order chi connectivity index (χ1) is 7.91.